The van der Waals surface area contributed by atoms with Gasteiger partial charge in [-0.05, 0) is 33.6 Å². The Hall–Kier alpha value is 0.01000. The lowest BCUT2D eigenvalue weighted by molar-refractivity contribution is 0.802. The molecule has 1 rings (SSSR count). The largest absolute Gasteiger partial charge is 0.326 e. The molecule has 0 aliphatic heterocycles. The lowest BCUT2D eigenvalue weighted by Gasteiger charge is -2.18. The van der Waals surface area contributed by atoms with E-state index in [4.69, 9.17) is 5.73 Å². The minimum Gasteiger partial charge on any atom is -0.326 e. The molecule has 78 valence electrons. The van der Waals surface area contributed by atoms with E-state index in [1.807, 2.05) is 11.8 Å². The van der Waals surface area contributed by atoms with E-state index in [9.17, 15) is 0 Å². The van der Waals surface area contributed by atoms with E-state index in [2.05, 4.69) is 54.9 Å². The van der Waals surface area contributed by atoms with Gasteiger partial charge in [-0.25, -0.2) is 0 Å². The summed E-state index contributed by atoms with van der Waals surface area (Å²) in [5, 5.41) is 0. The van der Waals surface area contributed by atoms with Gasteiger partial charge in [0.05, 0.1) is 0 Å². The van der Waals surface area contributed by atoms with Crippen LogP contribution in [-0.2, 0) is 6.54 Å². The maximum Gasteiger partial charge on any atom is 0.0314 e. The summed E-state index contributed by atoms with van der Waals surface area (Å²) < 4.78 is 1.38. The molecule has 0 atom stereocenters. The molecule has 0 saturated carbocycles. The molecule has 14 heavy (non-hydrogen) atoms. The molecular formula is C11H16BrNS. The second-order valence-electron chi connectivity index (χ2n) is 4.18. The van der Waals surface area contributed by atoms with Gasteiger partial charge in [0, 0.05) is 20.7 Å². The lowest BCUT2D eigenvalue weighted by Crippen LogP contribution is -2.07. The van der Waals surface area contributed by atoms with E-state index >= 15 is 0 Å². The number of nitrogens with two attached hydrogens (primary N) is 1. The number of thioether (sulfide) groups is 1. The van der Waals surface area contributed by atoms with Gasteiger partial charge in [-0.1, -0.05) is 26.8 Å². The number of hydrogen-bond acceptors (Lipinski definition) is 2. The van der Waals surface area contributed by atoms with Crippen LogP contribution in [0.2, 0.25) is 0 Å². The van der Waals surface area contributed by atoms with E-state index in [0.29, 0.717) is 6.54 Å². The van der Waals surface area contributed by atoms with Crippen LogP contribution in [0.4, 0.5) is 0 Å². The van der Waals surface area contributed by atoms with Gasteiger partial charge in [-0.3, -0.25) is 0 Å². The molecule has 0 fully saturated rings. The van der Waals surface area contributed by atoms with Crippen molar-refractivity contribution < 1.29 is 0 Å². The van der Waals surface area contributed by atoms with E-state index in [-0.39, 0.29) is 4.75 Å². The summed E-state index contributed by atoms with van der Waals surface area (Å²) in [6.07, 6.45) is 0. The highest BCUT2D eigenvalue weighted by atomic mass is 79.9. The molecule has 0 unspecified atom stereocenters. The summed E-state index contributed by atoms with van der Waals surface area (Å²) in [5.41, 5.74) is 6.73. The SMILES string of the molecule is CC(C)(C)Sc1ccc(CN)cc1Br. The Kier molecular flexibility index (Phi) is 4.04. The van der Waals surface area contributed by atoms with Crippen LogP contribution in [0.3, 0.4) is 0 Å². The van der Waals surface area contributed by atoms with Crippen molar-refractivity contribution in [3.63, 3.8) is 0 Å². The fraction of sp³-hybridized carbons (Fsp3) is 0.455. The van der Waals surface area contributed by atoms with Crippen molar-refractivity contribution >= 4 is 27.7 Å². The van der Waals surface area contributed by atoms with Gasteiger partial charge >= 0.3 is 0 Å². The molecule has 0 bridgehead atoms. The second kappa shape index (κ2) is 4.69. The Bertz CT molecular complexity index is 318. The third kappa shape index (κ3) is 3.64. The zero-order valence-electron chi connectivity index (χ0n) is 8.80. The van der Waals surface area contributed by atoms with Crippen molar-refractivity contribution in [3.05, 3.63) is 28.2 Å². The van der Waals surface area contributed by atoms with Crippen molar-refractivity contribution in [2.24, 2.45) is 5.73 Å². The zero-order valence-corrected chi connectivity index (χ0v) is 11.2. The Labute approximate surface area is 98.6 Å². The first-order valence-corrected chi connectivity index (χ1v) is 6.21. The van der Waals surface area contributed by atoms with Crippen LogP contribution in [0.1, 0.15) is 26.3 Å². The number of benzene rings is 1. The minimum atomic E-state index is 0.243. The van der Waals surface area contributed by atoms with E-state index in [0.717, 1.165) is 10.0 Å². The van der Waals surface area contributed by atoms with Crippen LogP contribution in [0.25, 0.3) is 0 Å². The van der Waals surface area contributed by atoms with Crippen molar-refractivity contribution in [1.82, 2.24) is 0 Å². The maximum absolute atomic E-state index is 5.57. The summed E-state index contributed by atoms with van der Waals surface area (Å²) >= 11 is 5.42. The lowest BCUT2D eigenvalue weighted by atomic mass is 10.2. The highest BCUT2D eigenvalue weighted by Gasteiger charge is 2.13. The van der Waals surface area contributed by atoms with Crippen LogP contribution in [0, 0.1) is 0 Å². The van der Waals surface area contributed by atoms with Gasteiger partial charge in [0.1, 0.15) is 0 Å². The van der Waals surface area contributed by atoms with Crippen LogP contribution >= 0.6 is 27.7 Å². The fourth-order valence-corrected chi connectivity index (χ4v) is 2.71. The minimum absolute atomic E-state index is 0.243. The molecule has 0 heterocycles. The molecule has 3 heteroatoms. The van der Waals surface area contributed by atoms with Crippen LogP contribution in [-0.4, -0.2) is 4.75 Å². The zero-order chi connectivity index (χ0) is 10.8. The molecule has 0 spiro atoms. The van der Waals surface area contributed by atoms with Gasteiger partial charge in [0.15, 0.2) is 0 Å². The molecular weight excluding hydrogens is 258 g/mol. The standard InChI is InChI=1S/C11H16BrNS/c1-11(2,3)14-10-5-4-8(7-13)6-9(10)12/h4-6H,7,13H2,1-3H3. The van der Waals surface area contributed by atoms with Gasteiger partial charge < -0.3 is 5.73 Å². The topological polar surface area (TPSA) is 26.0 Å². The Morgan fingerprint density at radius 1 is 1.36 bits per heavy atom. The van der Waals surface area contributed by atoms with Crippen molar-refractivity contribution in [2.75, 3.05) is 0 Å². The molecule has 1 aromatic rings. The van der Waals surface area contributed by atoms with E-state index in [1.165, 1.54) is 4.90 Å². The highest BCUT2D eigenvalue weighted by molar-refractivity contribution is 9.10. The molecule has 0 amide bonds. The Morgan fingerprint density at radius 2 is 2.00 bits per heavy atom. The molecule has 0 aromatic heterocycles. The summed E-state index contributed by atoms with van der Waals surface area (Å²) in [6, 6.07) is 6.30. The molecule has 1 aromatic carbocycles. The summed E-state index contributed by atoms with van der Waals surface area (Å²) in [4.78, 5) is 1.27. The van der Waals surface area contributed by atoms with Crippen molar-refractivity contribution in [3.8, 4) is 0 Å². The van der Waals surface area contributed by atoms with E-state index in [1.54, 1.807) is 0 Å². The van der Waals surface area contributed by atoms with Crippen LogP contribution < -0.4 is 5.73 Å². The second-order valence-corrected chi connectivity index (χ2v) is 6.91. The van der Waals surface area contributed by atoms with Gasteiger partial charge in [-0.2, -0.15) is 0 Å². The quantitative estimate of drug-likeness (QED) is 0.830. The molecule has 0 aliphatic rings. The highest BCUT2D eigenvalue weighted by Crippen LogP contribution is 2.36. The van der Waals surface area contributed by atoms with Gasteiger partial charge in [0.25, 0.3) is 0 Å². The number of halogens is 1. The third-order valence-electron chi connectivity index (χ3n) is 1.65. The average molecular weight is 274 g/mol. The summed E-state index contributed by atoms with van der Waals surface area (Å²) in [5.74, 6) is 0. The maximum atomic E-state index is 5.57. The van der Waals surface area contributed by atoms with Gasteiger partial charge in [0.2, 0.25) is 0 Å². The third-order valence-corrected chi connectivity index (χ3v) is 3.75. The first-order valence-electron chi connectivity index (χ1n) is 4.60. The predicted octanol–water partition coefficient (Wildman–Crippen LogP) is 3.80. The van der Waals surface area contributed by atoms with Crippen molar-refractivity contribution in [1.29, 1.82) is 0 Å². The molecule has 0 saturated heterocycles. The number of hydrogen-bond donors (Lipinski definition) is 1. The first-order chi connectivity index (χ1) is 6.42. The number of rotatable bonds is 2. The summed E-state index contributed by atoms with van der Waals surface area (Å²) in [6.45, 7) is 7.22. The van der Waals surface area contributed by atoms with Crippen LogP contribution in [0.15, 0.2) is 27.6 Å². The van der Waals surface area contributed by atoms with Crippen LogP contribution in [0.5, 0.6) is 0 Å². The first kappa shape index (κ1) is 12.1. The smallest absolute Gasteiger partial charge is 0.0314 e. The van der Waals surface area contributed by atoms with Gasteiger partial charge in [-0.15, -0.1) is 11.8 Å². The predicted molar refractivity (Wildman–Crippen MR) is 67.6 cm³/mol. The Balaban J connectivity index is 2.89. The molecule has 0 aliphatic carbocycles. The molecule has 0 radical (unpaired) electrons. The Morgan fingerprint density at radius 3 is 2.43 bits per heavy atom. The summed E-state index contributed by atoms with van der Waals surface area (Å²) in [7, 11) is 0. The molecule has 1 nitrogen and oxygen atoms in total. The van der Waals surface area contributed by atoms with E-state index < -0.39 is 0 Å². The van der Waals surface area contributed by atoms with Crippen molar-refractivity contribution in [2.45, 2.75) is 37.0 Å². The fourth-order valence-electron chi connectivity index (χ4n) is 1.08. The molecule has 2 N–H and O–H groups in total. The normalized spacial score (nSPS) is 11.8. The average Bonchev–Trinajstić information content (AvgIpc) is 2.06. The monoisotopic (exact) mass is 273 g/mol.